The second-order valence-electron chi connectivity index (χ2n) is 4.26. The smallest absolute Gasteiger partial charge is 0.272 e. The molecule has 0 aromatic carbocycles. The topological polar surface area (TPSA) is 45.2 Å². The Bertz CT molecular complexity index is 387. The van der Waals surface area contributed by atoms with Crippen molar-refractivity contribution >= 4 is 21.8 Å². The largest absolute Gasteiger partial charge is 0.337 e. The molecule has 1 saturated heterocycles. The summed E-state index contributed by atoms with van der Waals surface area (Å²) < 4.78 is 0.888. The molecule has 0 spiro atoms. The van der Waals surface area contributed by atoms with Gasteiger partial charge in [0.25, 0.3) is 5.91 Å². The monoisotopic (exact) mass is 297 g/mol. The van der Waals surface area contributed by atoms with E-state index in [0.717, 1.165) is 30.4 Å². The number of amides is 1. The molecule has 1 amide bonds. The van der Waals surface area contributed by atoms with Gasteiger partial charge in [0.05, 0.1) is 0 Å². The van der Waals surface area contributed by atoms with Gasteiger partial charge in [0.1, 0.15) is 5.69 Å². The van der Waals surface area contributed by atoms with Crippen LogP contribution in [0.15, 0.2) is 22.8 Å². The molecule has 0 radical (unpaired) electrons. The van der Waals surface area contributed by atoms with Crippen LogP contribution in [0.2, 0.25) is 0 Å². The van der Waals surface area contributed by atoms with Gasteiger partial charge in [0, 0.05) is 23.8 Å². The summed E-state index contributed by atoms with van der Waals surface area (Å²) in [5, 5.41) is 3.30. The van der Waals surface area contributed by atoms with Crippen LogP contribution in [-0.4, -0.2) is 42.0 Å². The van der Waals surface area contributed by atoms with Crippen LogP contribution in [0.1, 0.15) is 23.3 Å². The van der Waals surface area contributed by atoms with Crippen LogP contribution in [0.25, 0.3) is 0 Å². The zero-order valence-corrected chi connectivity index (χ0v) is 11.4. The standard InChI is InChI=1S/C12H16BrN3O/c1-16(10-4-6-14-7-5-10)12(17)11-3-2-9(13)8-15-11/h2-3,8,10,14H,4-7H2,1H3. The van der Waals surface area contributed by atoms with Crippen LogP contribution in [-0.2, 0) is 0 Å². The minimum absolute atomic E-state index is 0.00407. The molecule has 1 aromatic rings. The van der Waals surface area contributed by atoms with Crippen molar-refractivity contribution in [2.75, 3.05) is 20.1 Å². The van der Waals surface area contributed by atoms with E-state index in [9.17, 15) is 4.79 Å². The van der Waals surface area contributed by atoms with Gasteiger partial charge >= 0.3 is 0 Å². The summed E-state index contributed by atoms with van der Waals surface area (Å²) in [7, 11) is 1.86. The highest BCUT2D eigenvalue weighted by atomic mass is 79.9. The summed E-state index contributed by atoms with van der Waals surface area (Å²) in [5.74, 6) is 0.00407. The highest BCUT2D eigenvalue weighted by Gasteiger charge is 2.23. The van der Waals surface area contributed by atoms with Crippen molar-refractivity contribution in [2.24, 2.45) is 0 Å². The Morgan fingerprint density at radius 1 is 1.47 bits per heavy atom. The molecule has 0 aliphatic carbocycles. The lowest BCUT2D eigenvalue weighted by atomic mass is 10.1. The van der Waals surface area contributed by atoms with Crippen LogP contribution >= 0.6 is 15.9 Å². The number of nitrogens with one attached hydrogen (secondary N) is 1. The highest BCUT2D eigenvalue weighted by Crippen LogP contribution is 2.14. The van der Waals surface area contributed by atoms with Crippen LogP contribution in [0.4, 0.5) is 0 Å². The predicted octanol–water partition coefficient (Wildman–Crippen LogP) is 1.67. The average molecular weight is 298 g/mol. The van der Waals surface area contributed by atoms with Crippen molar-refractivity contribution in [1.82, 2.24) is 15.2 Å². The molecule has 1 aliphatic heterocycles. The van der Waals surface area contributed by atoms with E-state index in [1.807, 2.05) is 18.0 Å². The number of carbonyl (C=O) groups excluding carboxylic acids is 1. The third-order valence-corrected chi connectivity index (χ3v) is 3.59. The molecular weight excluding hydrogens is 282 g/mol. The number of hydrogen-bond donors (Lipinski definition) is 1. The van der Waals surface area contributed by atoms with Crippen molar-refractivity contribution in [1.29, 1.82) is 0 Å². The molecule has 0 bridgehead atoms. The van der Waals surface area contributed by atoms with E-state index in [1.54, 1.807) is 12.3 Å². The van der Waals surface area contributed by atoms with Crippen molar-refractivity contribution in [3.63, 3.8) is 0 Å². The van der Waals surface area contributed by atoms with Gasteiger partial charge in [-0.2, -0.15) is 0 Å². The second kappa shape index (κ2) is 5.60. The first-order valence-electron chi connectivity index (χ1n) is 5.78. The van der Waals surface area contributed by atoms with E-state index in [-0.39, 0.29) is 5.91 Å². The summed E-state index contributed by atoms with van der Waals surface area (Å²) in [6.07, 6.45) is 3.68. The maximum atomic E-state index is 12.2. The van der Waals surface area contributed by atoms with Gasteiger partial charge in [-0.3, -0.25) is 4.79 Å². The summed E-state index contributed by atoms with van der Waals surface area (Å²) in [5.41, 5.74) is 0.509. The minimum atomic E-state index is 0.00407. The molecule has 1 aromatic heterocycles. The molecule has 5 heteroatoms. The van der Waals surface area contributed by atoms with Gasteiger partial charge in [-0.25, -0.2) is 4.98 Å². The minimum Gasteiger partial charge on any atom is -0.337 e. The number of rotatable bonds is 2. The van der Waals surface area contributed by atoms with Crippen LogP contribution in [0.5, 0.6) is 0 Å². The summed E-state index contributed by atoms with van der Waals surface area (Å²) >= 11 is 3.31. The molecule has 0 atom stereocenters. The highest BCUT2D eigenvalue weighted by molar-refractivity contribution is 9.10. The molecule has 92 valence electrons. The molecule has 2 heterocycles. The number of piperidine rings is 1. The molecule has 1 N–H and O–H groups in total. The van der Waals surface area contributed by atoms with Crippen molar-refractivity contribution in [3.05, 3.63) is 28.5 Å². The van der Waals surface area contributed by atoms with Crippen LogP contribution in [0.3, 0.4) is 0 Å². The molecule has 1 aliphatic rings. The number of hydrogen-bond acceptors (Lipinski definition) is 3. The molecule has 0 unspecified atom stereocenters. The first-order valence-corrected chi connectivity index (χ1v) is 6.57. The van der Waals surface area contributed by atoms with Crippen molar-refractivity contribution in [3.8, 4) is 0 Å². The Morgan fingerprint density at radius 2 is 2.18 bits per heavy atom. The van der Waals surface area contributed by atoms with E-state index in [1.165, 1.54) is 0 Å². The molecule has 4 nitrogen and oxygen atoms in total. The van der Waals surface area contributed by atoms with Gasteiger partial charge in [-0.05, 0) is 54.0 Å². The van der Waals surface area contributed by atoms with Gasteiger partial charge in [-0.1, -0.05) is 0 Å². The lowest BCUT2D eigenvalue weighted by molar-refractivity contribution is 0.0697. The summed E-state index contributed by atoms with van der Waals surface area (Å²) in [6, 6.07) is 3.93. The number of aromatic nitrogens is 1. The molecule has 0 saturated carbocycles. The van der Waals surface area contributed by atoms with Crippen molar-refractivity contribution < 1.29 is 4.79 Å². The Kier molecular flexibility index (Phi) is 4.12. The number of carbonyl (C=O) groups is 1. The Labute approximate surface area is 110 Å². The number of pyridine rings is 1. The normalized spacial score (nSPS) is 16.8. The average Bonchev–Trinajstić information content (AvgIpc) is 2.39. The quantitative estimate of drug-likeness (QED) is 0.903. The predicted molar refractivity (Wildman–Crippen MR) is 69.9 cm³/mol. The second-order valence-corrected chi connectivity index (χ2v) is 5.17. The fourth-order valence-electron chi connectivity index (χ4n) is 2.04. The Hall–Kier alpha value is -0.940. The number of nitrogens with zero attached hydrogens (tertiary/aromatic N) is 2. The molecule has 1 fully saturated rings. The fourth-order valence-corrected chi connectivity index (χ4v) is 2.28. The Balaban J connectivity index is 2.05. The van der Waals surface area contributed by atoms with Gasteiger partial charge in [-0.15, -0.1) is 0 Å². The van der Waals surface area contributed by atoms with E-state index in [0.29, 0.717) is 11.7 Å². The lowest BCUT2D eigenvalue weighted by Crippen LogP contribution is -2.44. The van der Waals surface area contributed by atoms with Crippen molar-refractivity contribution in [2.45, 2.75) is 18.9 Å². The van der Waals surface area contributed by atoms with Gasteiger partial charge < -0.3 is 10.2 Å². The van der Waals surface area contributed by atoms with Gasteiger partial charge in [0.2, 0.25) is 0 Å². The first-order chi connectivity index (χ1) is 8.18. The third-order valence-electron chi connectivity index (χ3n) is 3.12. The van der Waals surface area contributed by atoms with Crippen LogP contribution in [0, 0.1) is 0 Å². The third kappa shape index (κ3) is 3.04. The SMILES string of the molecule is CN(C(=O)c1ccc(Br)cn1)C1CCNCC1. The zero-order chi connectivity index (χ0) is 12.3. The lowest BCUT2D eigenvalue weighted by Gasteiger charge is -2.31. The summed E-state index contributed by atoms with van der Waals surface area (Å²) in [4.78, 5) is 18.1. The first kappa shape index (κ1) is 12.5. The maximum absolute atomic E-state index is 12.2. The maximum Gasteiger partial charge on any atom is 0.272 e. The van der Waals surface area contributed by atoms with E-state index >= 15 is 0 Å². The zero-order valence-electron chi connectivity index (χ0n) is 9.82. The van der Waals surface area contributed by atoms with Crippen LogP contribution < -0.4 is 5.32 Å². The summed E-state index contributed by atoms with van der Waals surface area (Å²) in [6.45, 7) is 1.96. The van der Waals surface area contributed by atoms with Gasteiger partial charge in [0.15, 0.2) is 0 Å². The van der Waals surface area contributed by atoms with E-state index < -0.39 is 0 Å². The molecule has 2 rings (SSSR count). The van der Waals surface area contributed by atoms with E-state index in [2.05, 4.69) is 26.2 Å². The fraction of sp³-hybridized carbons (Fsp3) is 0.500. The molecular formula is C12H16BrN3O. The Morgan fingerprint density at radius 3 is 2.76 bits per heavy atom. The number of halogens is 1. The van der Waals surface area contributed by atoms with E-state index in [4.69, 9.17) is 0 Å². The molecule has 17 heavy (non-hydrogen) atoms.